The maximum atomic E-state index is 12.4. The van der Waals surface area contributed by atoms with Crippen LogP contribution in [0.2, 0.25) is 0 Å². The predicted molar refractivity (Wildman–Crippen MR) is 78.0 cm³/mol. The Balaban J connectivity index is 2.73. The first-order valence-corrected chi connectivity index (χ1v) is 6.49. The lowest BCUT2D eigenvalue weighted by molar-refractivity contribution is -0.137. The lowest BCUT2D eigenvalue weighted by Gasteiger charge is -2.09. The molecule has 1 aromatic rings. The van der Waals surface area contributed by atoms with E-state index in [-0.39, 0.29) is 29.9 Å². The standard InChI is InChI=1S/C16H13F3N2O2/c1-2-3-4-14(22)11(10-20)9-15(23)21-13-7-5-12(6-8-13)16(17,18)19/h1,5-8,22H,3-4,9H2,(H,21,23)/b14-11+. The van der Waals surface area contributed by atoms with Crippen LogP contribution in [0.5, 0.6) is 0 Å². The number of nitrogens with zero attached hydrogens (tertiary/aromatic N) is 1. The highest BCUT2D eigenvalue weighted by Crippen LogP contribution is 2.29. The number of nitrogens with one attached hydrogen (secondary N) is 1. The maximum Gasteiger partial charge on any atom is 0.416 e. The van der Waals surface area contributed by atoms with Gasteiger partial charge in [0.2, 0.25) is 5.91 Å². The SMILES string of the molecule is C#CCC/C(O)=C(\C#N)CC(=O)Nc1ccc(C(F)(F)F)cc1. The molecule has 1 amide bonds. The third-order valence-electron chi connectivity index (χ3n) is 2.82. The Morgan fingerprint density at radius 1 is 1.30 bits per heavy atom. The van der Waals surface area contributed by atoms with Gasteiger partial charge in [-0.3, -0.25) is 4.79 Å². The van der Waals surface area contributed by atoms with Crippen LogP contribution >= 0.6 is 0 Å². The second kappa shape index (κ2) is 7.90. The number of anilines is 1. The molecule has 0 aliphatic carbocycles. The summed E-state index contributed by atoms with van der Waals surface area (Å²) in [4.78, 5) is 11.8. The molecular formula is C16H13F3N2O2. The van der Waals surface area contributed by atoms with Gasteiger partial charge in [0.1, 0.15) is 5.76 Å². The Labute approximate surface area is 131 Å². The van der Waals surface area contributed by atoms with Gasteiger partial charge in [0.05, 0.1) is 23.6 Å². The van der Waals surface area contributed by atoms with Gasteiger partial charge < -0.3 is 10.4 Å². The zero-order valence-corrected chi connectivity index (χ0v) is 11.9. The van der Waals surface area contributed by atoms with E-state index in [1.807, 2.05) is 0 Å². The fourth-order valence-corrected chi connectivity index (χ4v) is 1.66. The molecule has 0 bridgehead atoms. The molecule has 0 aromatic heterocycles. The van der Waals surface area contributed by atoms with E-state index >= 15 is 0 Å². The molecular weight excluding hydrogens is 309 g/mol. The van der Waals surface area contributed by atoms with Crippen molar-refractivity contribution in [3.63, 3.8) is 0 Å². The highest BCUT2D eigenvalue weighted by atomic mass is 19.4. The Bertz CT molecular complexity index is 677. The first-order chi connectivity index (χ1) is 10.8. The first kappa shape index (κ1) is 18.1. The molecule has 0 aliphatic heterocycles. The van der Waals surface area contributed by atoms with Crippen molar-refractivity contribution in [2.24, 2.45) is 0 Å². The third-order valence-corrected chi connectivity index (χ3v) is 2.82. The van der Waals surface area contributed by atoms with Crippen molar-refractivity contribution < 1.29 is 23.1 Å². The molecule has 7 heteroatoms. The number of aliphatic hydroxyl groups is 1. The molecule has 0 atom stereocenters. The Hall–Kier alpha value is -2.93. The number of benzene rings is 1. The summed E-state index contributed by atoms with van der Waals surface area (Å²) in [5, 5.41) is 20.9. The molecule has 0 saturated heterocycles. The summed E-state index contributed by atoms with van der Waals surface area (Å²) in [7, 11) is 0. The number of hydrogen-bond donors (Lipinski definition) is 2. The monoisotopic (exact) mass is 322 g/mol. The third kappa shape index (κ3) is 5.76. The number of nitriles is 1. The van der Waals surface area contributed by atoms with Crippen molar-refractivity contribution in [1.82, 2.24) is 0 Å². The van der Waals surface area contributed by atoms with Crippen LogP contribution in [0.15, 0.2) is 35.6 Å². The lowest BCUT2D eigenvalue weighted by Crippen LogP contribution is -2.13. The van der Waals surface area contributed by atoms with E-state index in [2.05, 4.69) is 11.2 Å². The van der Waals surface area contributed by atoms with Gasteiger partial charge in [0.25, 0.3) is 0 Å². The molecule has 0 radical (unpaired) electrons. The van der Waals surface area contributed by atoms with Crippen LogP contribution in [0.1, 0.15) is 24.8 Å². The van der Waals surface area contributed by atoms with Crippen LogP contribution in [0.25, 0.3) is 0 Å². The smallest absolute Gasteiger partial charge is 0.416 e. The van der Waals surface area contributed by atoms with Gasteiger partial charge in [-0.05, 0) is 24.3 Å². The molecule has 120 valence electrons. The number of amides is 1. The fourth-order valence-electron chi connectivity index (χ4n) is 1.66. The molecule has 2 N–H and O–H groups in total. The number of rotatable bonds is 5. The summed E-state index contributed by atoms with van der Waals surface area (Å²) >= 11 is 0. The maximum absolute atomic E-state index is 12.4. The minimum absolute atomic E-state index is 0.0763. The largest absolute Gasteiger partial charge is 0.511 e. The fraction of sp³-hybridized carbons (Fsp3) is 0.250. The molecule has 1 aromatic carbocycles. The minimum atomic E-state index is -4.46. The summed E-state index contributed by atoms with van der Waals surface area (Å²) in [5.74, 6) is 1.39. The lowest BCUT2D eigenvalue weighted by atomic mass is 10.1. The van der Waals surface area contributed by atoms with Gasteiger partial charge in [0, 0.05) is 18.5 Å². The summed E-state index contributed by atoms with van der Waals surface area (Å²) < 4.78 is 37.3. The summed E-state index contributed by atoms with van der Waals surface area (Å²) in [6.45, 7) is 0. The van der Waals surface area contributed by atoms with Crippen molar-refractivity contribution in [2.75, 3.05) is 5.32 Å². The highest BCUT2D eigenvalue weighted by Gasteiger charge is 2.29. The molecule has 0 fully saturated rings. The van der Waals surface area contributed by atoms with Crippen molar-refractivity contribution >= 4 is 11.6 Å². The van der Waals surface area contributed by atoms with Gasteiger partial charge in [-0.1, -0.05) is 0 Å². The minimum Gasteiger partial charge on any atom is -0.511 e. The Kier molecular flexibility index (Phi) is 6.23. The topological polar surface area (TPSA) is 73.1 Å². The number of alkyl halides is 3. The molecule has 0 saturated carbocycles. The zero-order chi connectivity index (χ0) is 17.5. The van der Waals surface area contributed by atoms with Crippen molar-refractivity contribution in [3.05, 3.63) is 41.2 Å². The molecule has 0 unspecified atom stereocenters. The van der Waals surface area contributed by atoms with E-state index < -0.39 is 24.1 Å². The van der Waals surface area contributed by atoms with Crippen LogP contribution in [0.4, 0.5) is 18.9 Å². The molecule has 0 spiro atoms. The zero-order valence-electron chi connectivity index (χ0n) is 11.9. The van der Waals surface area contributed by atoms with Gasteiger partial charge in [-0.2, -0.15) is 18.4 Å². The second-order valence-corrected chi connectivity index (χ2v) is 4.54. The van der Waals surface area contributed by atoms with Crippen molar-refractivity contribution in [3.8, 4) is 18.4 Å². The van der Waals surface area contributed by atoms with Crippen LogP contribution in [0, 0.1) is 23.7 Å². The van der Waals surface area contributed by atoms with Gasteiger partial charge >= 0.3 is 6.18 Å². The summed E-state index contributed by atoms with van der Waals surface area (Å²) in [6, 6.07) is 5.59. The number of carbonyl (C=O) groups is 1. The number of allylic oxidation sites excluding steroid dienone is 1. The Morgan fingerprint density at radius 3 is 2.39 bits per heavy atom. The average molecular weight is 322 g/mol. The number of terminal acetylenes is 1. The molecule has 23 heavy (non-hydrogen) atoms. The number of aliphatic hydroxyl groups excluding tert-OH is 1. The Morgan fingerprint density at radius 2 is 1.91 bits per heavy atom. The average Bonchev–Trinajstić information content (AvgIpc) is 2.49. The van der Waals surface area contributed by atoms with Crippen molar-refractivity contribution in [2.45, 2.75) is 25.4 Å². The van der Waals surface area contributed by atoms with Crippen LogP contribution < -0.4 is 5.32 Å². The number of carbonyl (C=O) groups excluding carboxylic acids is 1. The summed E-state index contributed by atoms with van der Waals surface area (Å²) in [6.07, 6.45) is 0.484. The number of hydrogen-bond acceptors (Lipinski definition) is 3. The van der Waals surface area contributed by atoms with Crippen molar-refractivity contribution in [1.29, 1.82) is 5.26 Å². The summed E-state index contributed by atoms with van der Waals surface area (Å²) in [5.41, 5.74) is -0.812. The second-order valence-electron chi connectivity index (χ2n) is 4.54. The molecule has 1 rings (SSSR count). The predicted octanol–water partition coefficient (Wildman–Crippen LogP) is 3.78. The van der Waals surface area contributed by atoms with E-state index in [1.54, 1.807) is 6.07 Å². The van der Waals surface area contributed by atoms with E-state index in [0.29, 0.717) is 0 Å². The van der Waals surface area contributed by atoms with Crippen LogP contribution in [-0.4, -0.2) is 11.0 Å². The van der Waals surface area contributed by atoms with Crippen LogP contribution in [0.3, 0.4) is 0 Å². The molecule has 0 heterocycles. The molecule has 4 nitrogen and oxygen atoms in total. The normalized spacial score (nSPS) is 11.9. The van der Waals surface area contributed by atoms with E-state index in [0.717, 1.165) is 24.3 Å². The van der Waals surface area contributed by atoms with Crippen LogP contribution in [-0.2, 0) is 11.0 Å². The van der Waals surface area contributed by atoms with Gasteiger partial charge in [-0.25, -0.2) is 0 Å². The van der Waals surface area contributed by atoms with Gasteiger partial charge in [0.15, 0.2) is 0 Å². The molecule has 0 aliphatic rings. The number of halogens is 3. The van der Waals surface area contributed by atoms with E-state index in [9.17, 15) is 23.1 Å². The van der Waals surface area contributed by atoms with E-state index in [4.69, 9.17) is 11.7 Å². The van der Waals surface area contributed by atoms with E-state index in [1.165, 1.54) is 0 Å². The quantitative estimate of drug-likeness (QED) is 0.492. The van der Waals surface area contributed by atoms with Gasteiger partial charge in [-0.15, -0.1) is 12.3 Å². The first-order valence-electron chi connectivity index (χ1n) is 6.49. The highest BCUT2D eigenvalue weighted by molar-refractivity contribution is 5.92.